The van der Waals surface area contributed by atoms with E-state index in [0.717, 1.165) is 48.1 Å². The molecule has 160 valence electrons. The molecule has 1 aliphatic heterocycles. The number of rotatable bonds is 4. The molecule has 1 saturated heterocycles. The van der Waals surface area contributed by atoms with Crippen molar-refractivity contribution in [1.82, 2.24) is 4.90 Å². The number of anilines is 1. The van der Waals surface area contributed by atoms with Gasteiger partial charge in [0.1, 0.15) is 5.82 Å². The highest BCUT2D eigenvalue weighted by atomic mass is 19.1. The summed E-state index contributed by atoms with van der Waals surface area (Å²) in [5.41, 5.74) is 3.31. The van der Waals surface area contributed by atoms with Gasteiger partial charge in [0.25, 0.3) is 0 Å². The average Bonchev–Trinajstić information content (AvgIpc) is 2.71. The molecular weight excluding hydrogens is 379 g/mol. The number of halogens is 1. The topological polar surface area (TPSA) is 52.6 Å². The molecule has 0 bridgehead atoms. The van der Waals surface area contributed by atoms with Gasteiger partial charge in [-0.05, 0) is 62.4 Å². The lowest BCUT2D eigenvalue weighted by Crippen LogP contribution is -2.56. The van der Waals surface area contributed by atoms with E-state index in [-0.39, 0.29) is 30.2 Å². The third-order valence-electron chi connectivity index (χ3n) is 6.89. The van der Waals surface area contributed by atoms with Crippen LogP contribution in [0.1, 0.15) is 54.8 Å². The molecule has 1 amide bonds. The van der Waals surface area contributed by atoms with E-state index in [9.17, 15) is 14.3 Å². The van der Waals surface area contributed by atoms with Crippen LogP contribution in [0.3, 0.4) is 0 Å². The zero-order valence-corrected chi connectivity index (χ0v) is 17.8. The number of aliphatic hydroxyl groups is 1. The monoisotopic (exact) mass is 410 g/mol. The molecule has 1 aliphatic carbocycles. The number of nitrogens with zero attached hydrogens (tertiary/aromatic N) is 1. The van der Waals surface area contributed by atoms with E-state index in [0.29, 0.717) is 13.0 Å². The highest BCUT2D eigenvalue weighted by molar-refractivity contribution is 5.93. The summed E-state index contributed by atoms with van der Waals surface area (Å²) in [6.07, 6.45) is 4.52. The molecule has 2 aromatic carbocycles. The number of aryl methyl sites for hydroxylation is 2. The number of hydrogen-bond acceptors (Lipinski definition) is 3. The van der Waals surface area contributed by atoms with Gasteiger partial charge >= 0.3 is 0 Å². The third-order valence-corrected chi connectivity index (χ3v) is 6.89. The molecule has 0 radical (unpaired) electrons. The fourth-order valence-corrected chi connectivity index (χ4v) is 5.35. The van der Waals surface area contributed by atoms with Gasteiger partial charge in [0.05, 0.1) is 12.1 Å². The van der Waals surface area contributed by atoms with Crippen LogP contribution in [0.5, 0.6) is 0 Å². The van der Waals surface area contributed by atoms with Crippen molar-refractivity contribution in [2.24, 2.45) is 5.92 Å². The Kier molecular flexibility index (Phi) is 5.94. The molecule has 1 heterocycles. The Hall–Kier alpha value is -2.24. The Morgan fingerprint density at radius 1 is 1.17 bits per heavy atom. The predicted molar refractivity (Wildman–Crippen MR) is 117 cm³/mol. The van der Waals surface area contributed by atoms with Gasteiger partial charge in [0.15, 0.2) is 0 Å². The highest BCUT2D eigenvalue weighted by Crippen LogP contribution is 2.49. The second-order valence-corrected chi connectivity index (χ2v) is 9.04. The molecule has 2 fully saturated rings. The lowest BCUT2D eigenvalue weighted by Gasteiger charge is -2.52. The van der Waals surface area contributed by atoms with Gasteiger partial charge < -0.3 is 10.4 Å². The van der Waals surface area contributed by atoms with Crippen LogP contribution in [0.25, 0.3) is 0 Å². The molecule has 2 N–H and O–H groups in total. The quantitative estimate of drug-likeness (QED) is 0.765. The summed E-state index contributed by atoms with van der Waals surface area (Å²) in [6.45, 7) is 4.93. The van der Waals surface area contributed by atoms with Crippen LogP contribution in [0.2, 0.25) is 0 Å². The van der Waals surface area contributed by atoms with Gasteiger partial charge in [-0.15, -0.1) is 0 Å². The third kappa shape index (κ3) is 4.28. The molecule has 0 aromatic heterocycles. The smallest absolute Gasteiger partial charge is 0.238 e. The predicted octanol–water partition coefficient (Wildman–Crippen LogP) is 4.75. The zero-order valence-electron chi connectivity index (χ0n) is 17.8. The Morgan fingerprint density at radius 3 is 2.67 bits per heavy atom. The molecule has 3 unspecified atom stereocenters. The summed E-state index contributed by atoms with van der Waals surface area (Å²) in [5, 5.41) is 14.4. The van der Waals surface area contributed by atoms with Gasteiger partial charge in [-0.3, -0.25) is 9.69 Å². The summed E-state index contributed by atoms with van der Waals surface area (Å²) in [5.74, 6) is -0.276. The maximum Gasteiger partial charge on any atom is 0.238 e. The molecule has 2 aliphatic rings. The summed E-state index contributed by atoms with van der Waals surface area (Å²) in [7, 11) is 0. The maximum atomic E-state index is 13.6. The first kappa shape index (κ1) is 21.0. The molecular formula is C25H31FN2O2. The van der Waals surface area contributed by atoms with E-state index < -0.39 is 5.60 Å². The second-order valence-electron chi connectivity index (χ2n) is 9.04. The minimum atomic E-state index is -0.697. The number of carbonyl (C=O) groups excluding carboxylic acids is 1. The van der Waals surface area contributed by atoms with Gasteiger partial charge in [-0.1, -0.05) is 42.7 Å². The SMILES string of the molecule is Cc1ccc(NC(=O)CN2CCC3(O)CCCCC3C2c2ccc(F)cc2)c(C)c1. The van der Waals surface area contributed by atoms with Crippen molar-refractivity contribution < 1.29 is 14.3 Å². The summed E-state index contributed by atoms with van der Waals surface area (Å²) >= 11 is 0. The van der Waals surface area contributed by atoms with Crippen molar-refractivity contribution in [1.29, 1.82) is 0 Å². The zero-order chi connectivity index (χ0) is 21.3. The fraction of sp³-hybridized carbons (Fsp3) is 0.480. The first-order valence-electron chi connectivity index (χ1n) is 10.9. The molecule has 0 spiro atoms. The van der Waals surface area contributed by atoms with Crippen molar-refractivity contribution in [2.45, 2.75) is 57.6 Å². The molecule has 30 heavy (non-hydrogen) atoms. The van der Waals surface area contributed by atoms with Crippen LogP contribution >= 0.6 is 0 Å². The summed E-state index contributed by atoms with van der Waals surface area (Å²) in [4.78, 5) is 15.1. The van der Waals surface area contributed by atoms with Crippen LogP contribution in [0.4, 0.5) is 10.1 Å². The normalized spacial score (nSPS) is 26.8. The van der Waals surface area contributed by atoms with E-state index in [2.05, 4.69) is 16.3 Å². The first-order valence-corrected chi connectivity index (χ1v) is 10.9. The van der Waals surface area contributed by atoms with Crippen molar-refractivity contribution in [3.05, 3.63) is 65.0 Å². The van der Waals surface area contributed by atoms with E-state index >= 15 is 0 Å². The Bertz CT molecular complexity index is 914. The number of nitrogens with one attached hydrogen (secondary N) is 1. The Balaban J connectivity index is 1.57. The number of hydrogen-bond donors (Lipinski definition) is 2. The first-order chi connectivity index (χ1) is 14.4. The van der Waals surface area contributed by atoms with E-state index in [1.165, 1.54) is 12.1 Å². The molecule has 1 saturated carbocycles. The number of fused-ring (bicyclic) bond motifs is 1. The Morgan fingerprint density at radius 2 is 1.93 bits per heavy atom. The number of likely N-dealkylation sites (tertiary alicyclic amines) is 1. The number of piperidine rings is 1. The largest absolute Gasteiger partial charge is 0.389 e. The second kappa shape index (κ2) is 8.48. The van der Waals surface area contributed by atoms with Crippen LogP contribution in [-0.4, -0.2) is 34.6 Å². The van der Waals surface area contributed by atoms with Crippen LogP contribution in [-0.2, 0) is 4.79 Å². The lowest BCUT2D eigenvalue weighted by atomic mass is 9.66. The average molecular weight is 411 g/mol. The molecule has 5 heteroatoms. The van der Waals surface area contributed by atoms with Gasteiger partial charge in [0, 0.05) is 24.2 Å². The summed E-state index contributed by atoms with van der Waals surface area (Å²) < 4.78 is 13.6. The standard InChI is InChI=1S/C25H31FN2O2/c1-17-6-11-22(18(2)15-17)27-23(29)16-28-14-13-25(30)12-4-3-5-21(25)24(28)19-7-9-20(26)10-8-19/h6-11,15,21,24,30H,3-5,12-14,16H2,1-2H3,(H,27,29). The number of carbonyl (C=O) groups is 1. The maximum absolute atomic E-state index is 13.6. The van der Waals surface area contributed by atoms with Crippen LogP contribution in [0, 0.1) is 25.6 Å². The van der Waals surface area contributed by atoms with E-state index in [4.69, 9.17) is 0 Å². The van der Waals surface area contributed by atoms with Crippen LogP contribution < -0.4 is 5.32 Å². The molecule has 4 rings (SSSR count). The molecule has 2 aromatic rings. The van der Waals surface area contributed by atoms with Gasteiger partial charge in [-0.25, -0.2) is 4.39 Å². The molecule has 3 atom stereocenters. The fourth-order valence-electron chi connectivity index (χ4n) is 5.35. The summed E-state index contributed by atoms with van der Waals surface area (Å²) in [6, 6.07) is 12.4. The van der Waals surface area contributed by atoms with Crippen LogP contribution in [0.15, 0.2) is 42.5 Å². The minimum Gasteiger partial charge on any atom is -0.389 e. The lowest BCUT2D eigenvalue weighted by molar-refractivity contribution is -0.135. The van der Waals surface area contributed by atoms with E-state index in [1.807, 2.05) is 26.0 Å². The van der Waals surface area contributed by atoms with Crippen molar-refractivity contribution in [3.63, 3.8) is 0 Å². The number of benzene rings is 2. The van der Waals surface area contributed by atoms with Gasteiger partial charge in [0.2, 0.25) is 5.91 Å². The number of amides is 1. The Labute approximate surface area is 178 Å². The van der Waals surface area contributed by atoms with Crippen molar-refractivity contribution in [3.8, 4) is 0 Å². The molecule has 4 nitrogen and oxygen atoms in total. The minimum absolute atomic E-state index is 0.0550. The van der Waals surface area contributed by atoms with Crippen molar-refractivity contribution in [2.75, 3.05) is 18.4 Å². The highest BCUT2D eigenvalue weighted by Gasteiger charge is 2.49. The van der Waals surface area contributed by atoms with Crippen molar-refractivity contribution >= 4 is 11.6 Å². The van der Waals surface area contributed by atoms with Gasteiger partial charge in [-0.2, -0.15) is 0 Å². The van der Waals surface area contributed by atoms with E-state index in [1.54, 1.807) is 12.1 Å².